The van der Waals surface area contributed by atoms with Crippen LogP contribution in [-0.4, -0.2) is 12.0 Å². The highest BCUT2D eigenvalue weighted by atomic mass is 16.3. The summed E-state index contributed by atoms with van der Waals surface area (Å²) >= 11 is 0. The van der Waals surface area contributed by atoms with Crippen LogP contribution < -0.4 is 4.90 Å². The van der Waals surface area contributed by atoms with E-state index in [1.54, 1.807) is 0 Å². The lowest BCUT2D eigenvalue weighted by atomic mass is 9.80. The predicted molar refractivity (Wildman–Crippen MR) is 102 cm³/mol. The maximum Gasteiger partial charge on any atom is 0.219 e. The van der Waals surface area contributed by atoms with Gasteiger partial charge in [-0.3, -0.25) is 0 Å². The first-order chi connectivity index (χ1) is 12.1. The fourth-order valence-corrected chi connectivity index (χ4v) is 4.37. The van der Waals surface area contributed by atoms with Gasteiger partial charge >= 0.3 is 0 Å². The summed E-state index contributed by atoms with van der Waals surface area (Å²) in [5, 5.41) is 2.34. The molecule has 1 atom stereocenters. The molecule has 5 rings (SSSR count). The third-order valence-corrected chi connectivity index (χ3v) is 5.58. The Balaban J connectivity index is 1.73. The molecule has 2 heterocycles. The number of likely N-dealkylation sites (N-methyl/N-ethyl adjacent to an activating group) is 1. The molecule has 0 saturated carbocycles. The van der Waals surface area contributed by atoms with Gasteiger partial charge in [0.1, 0.15) is 11.6 Å². The Labute approximate surface area is 146 Å². The third kappa shape index (κ3) is 1.89. The summed E-state index contributed by atoms with van der Waals surface area (Å²) in [6.07, 6.45) is 0. The summed E-state index contributed by atoms with van der Waals surface area (Å²) in [6.45, 7) is 4.54. The first-order valence-electron chi connectivity index (χ1n) is 8.68. The largest absolute Gasteiger partial charge is 0.438 e. The van der Waals surface area contributed by atoms with Gasteiger partial charge < -0.3 is 9.32 Å². The summed E-state index contributed by atoms with van der Waals surface area (Å²) in [6, 6.07) is 21.1. The average molecular weight is 328 g/mol. The van der Waals surface area contributed by atoms with Crippen molar-refractivity contribution < 1.29 is 4.42 Å². The number of hydrogen-bond donors (Lipinski definition) is 0. The van der Waals surface area contributed by atoms with Crippen LogP contribution in [0.4, 0.5) is 5.69 Å². The minimum absolute atomic E-state index is 0.0674. The zero-order valence-corrected chi connectivity index (χ0v) is 14.7. The van der Waals surface area contributed by atoms with Gasteiger partial charge in [0.25, 0.3) is 0 Å². The highest BCUT2D eigenvalue weighted by Gasteiger charge is 2.46. The molecule has 1 aliphatic rings. The molecule has 3 heteroatoms. The van der Waals surface area contributed by atoms with E-state index < -0.39 is 0 Å². The van der Waals surface area contributed by atoms with Crippen LogP contribution in [0.15, 0.2) is 65.1 Å². The lowest BCUT2D eigenvalue weighted by Crippen LogP contribution is -2.31. The molecule has 0 bridgehead atoms. The van der Waals surface area contributed by atoms with Gasteiger partial charge in [0.2, 0.25) is 5.89 Å². The van der Waals surface area contributed by atoms with Gasteiger partial charge in [0, 0.05) is 23.5 Å². The molecule has 1 unspecified atom stereocenters. The van der Waals surface area contributed by atoms with Crippen LogP contribution in [0.1, 0.15) is 31.3 Å². The summed E-state index contributed by atoms with van der Waals surface area (Å²) in [7, 11) is 2.13. The van der Waals surface area contributed by atoms with E-state index in [-0.39, 0.29) is 11.5 Å². The first-order valence-corrected chi connectivity index (χ1v) is 8.68. The van der Waals surface area contributed by atoms with E-state index in [2.05, 4.69) is 80.4 Å². The van der Waals surface area contributed by atoms with Crippen LogP contribution in [0, 0.1) is 0 Å². The maximum absolute atomic E-state index is 6.24. The highest BCUT2D eigenvalue weighted by Crippen LogP contribution is 2.51. The molecule has 0 saturated heterocycles. The van der Waals surface area contributed by atoms with Gasteiger partial charge in [-0.15, -0.1) is 0 Å². The summed E-state index contributed by atoms with van der Waals surface area (Å²) in [5.74, 6) is 0.787. The lowest BCUT2D eigenvalue weighted by Gasteiger charge is -2.29. The van der Waals surface area contributed by atoms with E-state index in [0.29, 0.717) is 0 Å². The summed E-state index contributed by atoms with van der Waals surface area (Å²) in [4.78, 5) is 7.24. The van der Waals surface area contributed by atoms with Crippen LogP contribution in [0.25, 0.3) is 21.9 Å². The van der Waals surface area contributed by atoms with Crippen molar-refractivity contribution in [3.8, 4) is 0 Å². The second kappa shape index (κ2) is 4.85. The van der Waals surface area contributed by atoms with Crippen molar-refractivity contribution in [1.29, 1.82) is 0 Å². The van der Waals surface area contributed by atoms with E-state index in [0.717, 1.165) is 22.4 Å². The van der Waals surface area contributed by atoms with Crippen molar-refractivity contribution in [2.45, 2.75) is 25.3 Å². The van der Waals surface area contributed by atoms with E-state index in [1.807, 2.05) is 6.07 Å². The third-order valence-electron chi connectivity index (χ3n) is 5.58. The van der Waals surface area contributed by atoms with Gasteiger partial charge in [0.05, 0.1) is 0 Å². The van der Waals surface area contributed by atoms with Crippen LogP contribution in [0.3, 0.4) is 0 Å². The summed E-state index contributed by atoms with van der Waals surface area (Å²) in [5.41, 5.74) is 4.34. The SMILES string of the molecule is CN1c2ccccc2C(C)(C)C1c1nc2c(ccc3ccccc32)o1. The lowest BCUT2D eigenvalue weighted by molar-refractivity contribution is 0.364. The fraction of sp³-hybridized carbons (Fsp3) is 0.227. The molecule has 3 aromatic carbocycles. The van der Waals surface area contributed by atoms with Crippen molar-refractivity contribution in [2.75, 3.05) is 11.9 Å². The number of para-hydroxylation sites is 1. The van der Waals surface area contributed by atoms with Crippen molar-refractivity contribution in [3.05, 3.63) is 72.1 Å². The molecule has 0 N–H and O–H groups in total. The second-order valence-corrected chi connectivity index (χ2v) is 7.44. The molecule has 0 fully saturated rings. The Morgan fingerprint density at radius 2 is 1.72 bits per heavy atom. The van der Waals surface area contributed by atoms with Crippen LogP contribution >= 0.6 is 0 Å². The molecule has 0 amide bonds. The quantitative estimate of drug-likeness (QED) is 0.465. The van der Waals surface area contributed by atoms with E-state index in [1.165, 1.54) is 16.6 Å². The molecule has 25 heavy (non-hydrogen) atoms. The van der Waals surface area contributed by atoms with Crippen molar-refractivity contribution >= 4 is 27.6 Å². The number of hydrogen-bond acceptors (Lipinski definition) is 3. The zero-order chi connectivity index (χ0) is 17.2. The van der Waals surface area contributed by atoms with E-state index in [4.69, 9.17) is 9.40 Å². The molecule has 124 valence electrons. The van der Waals surface area contributed by atoms with Crippen molar-refractivity contribution in [2.24, 2.45) is 0 Å². The Kier molecular flexibility index (Phi) is 2.82. The minimum atomic E-state index is -0.0674. The predicted octanol–water partition coefficient (Wildman–Crippen LogP) is 5.45. The molecule has 1 aliphatic heterocycles. The molecule has 0 spiro atoms. The van der Waals surface area contributed by atoms with E-state index >= 15 is 0 Å². The van der Waals surface area contributed by atoms with Gasteiger partial charge in [-0.1, -0.05) is 62.4 Å². The average Bonchev–Trinajstić information content (AvgIpc) is 3.13. The highest BCUT2D eigenvalue weighted by molar-refractivity contribution is 6.03. The van der Waals surface area contributed by atoms with Gasteiger partial charge in [-0.05, 0) is 23.1 Å². The normalized spacial score (nSPS) is 18.8. The molecule has 3 nitrogen and oxygen atoms in total. The van der Waals surface area contributed by atoms with Gasteiger partial charge in [-0.25, -0.2) is 4.98 Å². The maximum atomic E-state index is 6.24. The van der Waals surface area contributed by atoms with Crippen molar-refractivity contribution in [1.82, 2.24) is 4.98 Å². The molecular formula is C22H20N2O. The number of nitrogens with zero attached hydrogens (tertiary/aromatic N) is 2. The Bertz CT molecular complexity index is 1110. The van der Waals surface area contributed by atoms with Crippen molar-refractivity contribution in [3.63, 3.8) is 0 Å². The number of benzene rings is 3. The summed E-state index contributed by atoms with van der Waals surface area (Å²) < 4.78 is 6.24. The topological polar surface area (TPSA) is 29.3 Å². The fourth-order valence-electron chi connectivity index (χ4n) is 4.37. The molecule has 0 aliphatic carbocycles. The number of anilines is 1. The number of oxazole rings is 1. The van der Waals surface area contributed by atoms with Crippen LogP contribution in [-0.2, 0) is 5.41 Å². The molecule has 0 radical (unpaired) electrons. The molecule has 4 aromatic rings. The molecule has 1 aromatic heterocycles. The standard InChI is InChI=1S/C22H20N2O/c1-22(2)16-10-6-7-11-17(16)24(3)20(22)21-23-19-15-9-5-4-8-14(15)12-13-18(19)25-21/h4-13,20H,1-3H3. The number of aromatic nitrogens is 1. The Morgan fingerprint density at radius 3 is 2.56 bits per heavy atom. The Hall–Kier alpha value is -2.81. The molecular weight excluding hydrogens is 308 g/mol. The van der Waals surface area contributed by atoms with Crippen LogP contribution in [0.2, 0.25) is 0 Å². The van der Waals surface area contributed by atoms with Gasteiger partial charge in [-0.2, -0.15) is 0 Å². The first kappa shape index (κ1) is 14.5. The van der Waals surface area contributed by atoms with Gasteiger partial charge in [0.15, 0.2) is 5.58 Å². The number of rotatable bonds is 1. The van der Waals surface area contributed by atoms with E-state index in [9.17, 15) is 0 Å². The number of fused-ring (bicyclic) bond motifs is 4. The smallest absolute Gasteiger partial charge is 0.219 e. The van der Waals surface area contributed by atoms with Crippen LogP contribution in [0.5, 0.6) is 0 Å². The Morgan fingerprint density at radius 1 is 0.960 bits per heavy atom. The zero-order valence-electron chi connectivity index (χ0n) is 14.7. The minimum Gasteiger partial charge on any atom is -0.438 e. The monoisotopic (exact) mass is 328 g/mol. The second-order valence-electron chi connectivity index (χ2n) is 7.44.